The molecule has 2 atom stereocenters. The quantitative estimate of drug-likeness (QED) is 0.856. The van der Waals surface area contributed by atoms with Gasteiger partial charge in [-0.05, 0) is 49.8 Å². The molecule has 1 heterocycles. The first-order chi connectivity index (χ1) is 10.1. The van der Waals surface area contributed by atoms with Crippen LogP contribution in [0.1, 0.15) is 45.1 Å². The Balaban J connectivity index is 1.76. The summed E-state index contributed by atoms with van der Waals surface area (Å²) in [5.41, 5.74) is 1.76. The first kappa shape index (κ1) is 15.5. The van der Waals surface area contributed by atoms with E-state index in [1.165, 1.54) is 42.3 Å². The van der Waals surface area contributed by atoms with E-state index in [1.807, 2.05) is 0 Å². The molecule has 1 aliphatic heterocycles. The number of halogens is 1. The number of nitrogens with zero attached hydrogens (tertiary/aromatic N) is 1. The molecule has 116 valence electrons. The van der Waals surface area contributed by atoms with Gasteiger partial charge in [-0.25, -0.2) is 0 Å². The van der Waals surface area contributed by atoms with Crippen molar-refractivity contribution in [2.24, 2.45) is 5.92 Å². The van der Waals surface area contributed by atoms with E-state index in [0.29, 0.717) is 11.6 Å². The van der Waals surface area contributed by atoms with Gasteiger partial charge in [-0.2, -0.15) is 0 Å². The molecule has 0 amide bonds. The lowest BCUT2D eigenvalue weighted by Crippen LogP contribution is -2.63. The molecule has 1 N–H and O–H groups in total. The zero-order valence-corrected chi connectivity index (χ0v) is 14.8. The molecule has 2 unspecified atom stereocenters. The Hall–Kier alpha value is -0.380. The maximum atomic E-state index is 3.81. The van der Waals surface area contributed by atoms with Crippen molar-refractivity contribution in [3.63, 3.8) is 0 Å². The number of nitrogens with one attached hydrogen (secondary N) is 1. The molecule has 0 spiro atoms. The molecule has 3 heteroatoms. The fourth-order valence-corrected chi connectivity index (χ4v) is 4.20. The van der Waals surface area contributed by atoms with Crippen molar-refractivity contribution in [2.75, 3.05) is 13.1 Å². The summed E-state index contributed by atoms with van der Waals surface area (Å²) in [6.45, 7) is 8.17. The van der Waals surface area contributed by atoms with E-state index < -0.39 is 0 Å². The third-order valence-corrected chi connectivity index (χ3v) is 5.76. The van der Waals surface area contributed by atoms with Crippen molar-refractivity contribution in [3.8, 4) is 0 Å². The second-order valence-electron chi connectivity index (χ2n) is 7.01. The van der Waals surface area contributed by atoms with Crippen LogP contribution in [0.5, 0.6) is 0 Å². The van der Waals surface area contributed by atoms with Crippen molar-refractivity contribution in [2.45, 2.75) is 57.7 Å². The van der Waals surface area contributed by atoms with Crippen LogP contribution in [0, 0.1) is 5.92 Å². The van der Waals surface area contributed by atoms with Gasteiger partial charge < -0.3 is 5.32 Å². The Morgan fingerprint density at radius 3 is 2.86 bits per heavy atom. The average molecular weight is 351 g/mol. The van der Waals surface area contributed by atoms with Gasteiger partial charge in [0.05, 0.1) is 0 Å². The summed E-state index contributed by atoms with van der Waals surface area (Å²) in [6.07, 6.45) is 5.37. The molecule has 0 aromatic heterocycles. The molecule has 1 saturated carbocycles. The number of hydrogen-bond acceptors (Lipinski definition) is 2. The van der Waals surface area contributed by atoms with Crippen molar-refractivity contribution >= 4 is 15.9 Å². The Bertz CT molecular complexity index is 486. The molecular formula is C18H27BrN2. The second kappa shape index (κ2) is 6.39. The minimum absolute atomic E-state index is 0.340. The standard InChI is InChI=1S/C18H27BrN2/c1-3-5-17-12-21(11-14-6-4-7-16(19)10-14)18(2,13-20-17)15-8-9-15/h4,6-7,10,15,17,20H,3,5,8-9,11-13H2,1-2H3. The van der Waals surface area contributed by atoms with E-state index in [0.717, 1.165) is 19.0 Å². The number of benzene rings is 1. The van der Waals surface area contributed by atoms with Crippen LogP contribution in [-0.2, 0) is 6.54 Å². The number of piperazine rings is 1. The molecule has 2 fully saturated rings. The molecule has 2 nitrogen and oxygen atoms in total. The average Bonchev–Trinajstić information content (AvgIpc) is 3.28. The molecule has 1 saturated heterocycles. The molecule has 3 rings (SSSR count). The summed E-state index contributed by atoms with van der Waals surface area (Å²) in [7, 11) is 0. The monoisotopic (exact) mass is 350 g/mol. The van der Waals surface area contributed by atoms with Gasteiger partial charge in [0.1, 0.15) is 0 Å². The summed E-state index contributed by atoms with van der Waals surface area (Å²) >= 11 is 3.60. The van der Waals surface area contributed by atoms with Gasteiger partial charge in [-0.3, -0.25) is 4.90 Å². The third-order valence-electron chi connectivity index (χ3n) is 5.27. The summed E-state index contributed by atoms with van der Waals surface area (Å²) in [5.74, 6) is 0.889. The maximum absolute atomic E-state index is 3.81. The van der Waals surface area contributed by atoms with Crippen LogP contribution in [0.3, 0.4) is 0 Å². The zero-order valence-electron chi connectivity index (χ0n) is 13.2. The highest BCUT2D eigenvalue weighted by atomic mass is 79.9. The molecular weight excluding hydrogens is 324 g/mol. The molecule has 1 aliphatic carbocycles. The summed E-state index contributed by atoms with van der Waals surface area (Å²) in [5, 5.41) is 3.81. The Morgan fingerprint density at radius 1 is 1.38 bits per heavy atom. The van der Waals surface area contributed by atoms with E-state index in [4.69, 9.17) is 0 Å². The van der Waals surface area contributed by atoms with Gasteiger partial charge in [-0.1, -0.05) is 41.4 Å². The lowest BCUT2D eigenvalue weighted by atomic mass is 9.88. The van der Waals surface area contributed by atoms with Gasteiger partial charge in [0.15, 0.2) is 0 Å². The van der Waals surface area contributed by atoms with E-state index >= 15 is 0 Å². The van der Waals surface area contributed by atoms with Gasteiger partial charge in [0.2, 0.25) is 0 Å². The lowest BCUT2D eigenvalue weighted by molar-refractivity contribution is 0.0260. The van der Waals surface area contributed by atoms with Crippen LogP contribution >= 0.6 is 15.9 Å². The Kier molecular flexibility index (Phi) is 4.72. The van der Waals surface area contributed by atoms with Gasteiger partial charge in [0.25, 0.3) is 0 Å². The fourth-order valence-electron chi connectivity index (χ4n) is 3.75. The SMILES string of the molecule is CCCC1CN(Cc2cccc(Br)c2)C(C)(C2CC2)CN1. The Morgan fingerprint density at radius 2 is 2.19 bits per heavy atom. The van der Waals surface area contributed by atoms with Crippen LogP contribution in [0.2, 0.25) is 0 Å². The summed E-state index contributed by atoms with van der Waals surface area (Å²) < 4.78 is 1.19. The molecule has 1 aromatic rings. The first-order valence-electron chi connectivity index (χ1n) is 8.34. The van der Waals surface area contributed by atoms with E-state index in [-0.39, 0.29) is 0 Å². The van der Waals surface area contributed by atoms with Crippen molar-refractivity contribution < 1.29 is 0 Å². The highest BCUT2D eigenvalue weighted by Crippen LogP contribution is 2.44. The molecule has 21 heavy (non-hydrogen) atoms. The van der Waals surface area contributed by atoms with Gasteiger partial charge in [0, 0.05) is 35.7 Å². The maximum Gasteiger partial charge on any atom is 0.0338 e. The van der Waals surface area contributed by atoms with Gasteiger partial charge >= 0.3 is 0 Å². The largest absolute Gasteiger partial charge is 0.311 e. The predicted molar refractivity (Wildman–Crippen MR) is 92.4 cm³/mol. The molecule has 1 aromatic carbocycles. The van der Waals surface area contributed by atoms with Crippen molar-refractivity contribution in [1.29, 1.82) is 0 Å². The van der Waals surface area contributed by atoms with Gasteiger partial charge in [-0.15, -0.1) is 0 Å². The summed E-state index contributed by atoms with van der Waals surface area (Å²) in [4.78, 5) is 2.75. The summed E-state index contributed by atoms with van der Waals surface area (Å²) in [6, 6.07) is 9.45. The second-order valence-corrected chi connectivity index (χ2v) is 7.92. The normalized spacial score (nSPS) is 30.5. The van der Waals surface area contributed by atoms with Crippen molar-refractivity contribution in [3.05, 3.63) is 34.3 Å². The fraction of sp³-hybridized carbons (Fsp3) is 0.667. The zero-order chi connectivity index (χ0) is 14.9. The number of hydrogen-bond donors (Lipinski definition) is 1. The van der Waals surface area contributed by atoms with Crippen LogP contribution in [-0.4, -0.2) is 29.6 Å². The van der Waals surface area contributed by atoms with Crippen LogP contribution in [0.15, 0.2) is 28.7 Å². The Labute approximate surface area is 137 Å². The highest BCUT2D eigenvalue weighted by molar-refractivity contribution is 9.10. The smallest absolute Gasteiger partial charge is 0.0338 e. The lowest BCUT2D eigenvalue weighted by Gasteiger charge is -2.49. The molecule has 0 bridgehead atoms. The van der Waals surface area contributed by atoms with E-state index in [9.17, 15) is 0 Å². The van der Waals surface area contributed by atoms with Crippen LogP contribution < -0.4 is 5.32 Å². The minimum Gasteiger partial charge on any atom is -0.311 e. The molecule has 0 radical (unpaired) electrons. The van der Waals surface area contributed by atoms with E-state index in [1.54, 1.807) is 0 Å². The van der Waals surface area contributed by atoms with Crippen molar-refractivity contribution in [1.82, 2.24) is 10.2 Å². The topological polar surface area (TPSA) is 15.3 Å². The third kappa shape index (κ3) is 3.52. The predicted octanol–water partition coefficient (Wildman–Crippen LogP) is 4.19. The van der Waals surface area contributed by atoms with Crippen LogP contribution in [0.25, 0.3) is 0 Å². The molecule has 2 aliphatic rings. The number of rotatable bonds is 5. The first-order valence-corrected chi connectivity index (χ1v) is 9.14. The highest BCUT2D eigenvalue weighted by Gasteiger charge is 2.47. The van der Waals surface area contributed by atoms with E-state index in [2.05, 4.69) is 64.3 Å². The van der Waals surface area contributed by atoms with Crippen LogP contribution in [0.4, 0.5) is 0 Å². The minimum atomic E-state index is 0.340.